The Morgan fingerprint density at radius 3 is 2.09 bits per heavy atom. The van der Waals surface area contributed by atoms with Gasteiger partial charge in [-0.15, -0.1) is 0 Å². The van der Waals surface area contributed by atoms with Crippen LogP contribution in [0.5, 0.6) is 0 Å². The van der Waals surface area contributed by atoms with Gasteiger partial charge in [-0.3, -0.25) is 13.9 Å². The minimum Gasteiger partial charge on any atom is -0.463 e. The number of ether oxygens (including phenoxy) is 7. The molecule has 4 saturated heterocycles. The van der Waals surface area contributed by atoms with Crippen LogP contribution in [0.15, 0.2) is 25.3 Å². The van der Waals surface area contributed by atoms with Gasteiger partial charge in [-0.1, -0.05) is 23.2 Å². The molecule has 4 aromatic heterocycles. The summed E-state index contributed by atoms with van der Waals surface area (Å²) in [4.78, 5) is 35.9. The molecule has 7 atom stereocenters. The van der Waals surface area contributed by atoms with Crippen molar-refractivity contribution in [1.82, 2.24) is 39.0 Å². The van der Waals surface area contributed by atoms with Crippen molar-refractivity contribution in [1.29, 1.82) is 0 Å². The molecule has 0 aliphatic carbocycles. The van der Waals surface area contributed by atoms with Gasteiger partial charge in [-0.05, 0) is 27.7 Å². The first-order valence-corrected chi connectivity index (χ1v) is 15.5. The van der Waals surface area contributed by atoms with Crippen LogP contribution in [0.4, 0.5) is 0 Å². The van der Waals surface area contributed by atoms with Gasteiger partial charge < -0.3 is 38.3 Å². The van der Waals surface area contributed by atoms with E-state index in [9.17, 15) is 9.90 Å². The summed E-state index contributed by atoms with van der Waals surface area (Å²) in [6.45, 7) is 8.74. The Balaban J connectivity index is 0.000000151. The molecule has 47 heavy (non-hydrogen) atoms. The third-order valence-corrected chi connectivity index (χ3v) is 8.71. The summed E-state index contributed by atoms with van der Waals surface area (Å²) in [6.07, 6.45) is 3.13. The molecule has 252 valence electrons. The summed E-state index contributed by atoms with van der Waals surface area (Å²) >= 11 is 12.1. The molecule has 8 heterocycles. The van der Waals surface area contributed by atoms with E-state index in [0.717, 1.165) is 0 Å². The Hall–Kier alpha value is -3.13. The van der Waals surface area contributed by atoms with E-state index < -0.39 is 47.9 Å². The number of hydrogen-bond donors (Lipinski definition) is 1. The van der Waals surface area contributed by atoms with Gasteiger partial charge in [-0.2, -0.15) is 0 Å². The number of aromatic nitrogens is 8. The van der Waals surface area contributed by atoms with Crippen molar-refractivity contribution >= 4 is 51.5 Å². The zero-order valence-corrected chi connectivity index (χ0v) is 27.5. The Morgan fingerprint density at radius 2 is 1.49 bits per heavy atom. The molecule has 4 aliphatic rings. The van der Waals surface area contributed by atoms with Crippen molar-refractivity contribution in [3.63, 3.8) is 0 Å². The Morgan fingerprint density at radius 1 is 0.894 bits per heavy atom. The maximum absolute atomic E-state index is 11.1. The van der Waals surface area contributed by atoms with Gasteiger partial charge in [0.2, 0.25) is 0 Å². The summed E-state index contributed by atoms with van der Waals surface area (Å²) in [5.41, 5.74) is 1.16. The highest BCUT2D eigenvalue weighted by atomic mass is 35.5. The van der Waals surface area contributed by atoms with Crippen molar-refractivity contribution in [2.24, 2.45) is 0 Å². The zero-order valence-electron chi connectivity index (χ0n) is 25.9. The van der Waals surface area contributed by atoms with Gasteiger partial charge in [-0.25, -0.2) is 29.9 Å². The molecule has 0 amide bonds. The second kappa shape index (κ2) is 11.8. The standard InChI is InChI=1S/C15H17ClN4O5.C13H15ClN4O4/c1-7(21)22-4-8-10-11(25-15(2,3)24-10)14(23-8)20-6-19-9-12(16)17-5-18-13(9)20;1-12(2)21-8-11(20-4-13(8,3-19)22-12)18-6-17-7-9(14)15-5-16-10(7)18/h5-6,8,10-11,14H,4H2,1-3H3;5-6,8,11,19H,3-4H2,1-2H3/t8-,10-,11-,14-;/m1./s1. The Kier molecular flexibility index (Phi) is 8.13. The molecule has 0 spiro atoms. The van der Waals surface area contributed by atoms with Gasteiger partial charge in [0.05, 0.1) is 25.9 Å². The smallest absolute Gasteiger partial charge is 0.302 e. The third kappa shape index (κ3) is 5.72. The number of carbonyl (C=O) groups is 1. The number of imidazole rings is 2. The van der Waals surface area contributed by atoms with Crippen LogP contribution in [-0.2, 0) is 38.0 Å². The molecule has 4 aromatic rings. The third-order valence-electron chi connectivity index (χ3n) is 8.16. The monoisotopic (exact) mass is 694 g/mol. The lowest BCUT2D eigenvalue weighted by molar-refractivity contribution is -0.202. The van der Waals surface area contributed by atoms with Gasteiger partial charge in [0.25, 0.3) is 0 Å². The molecular weight excluding hydrogens is 663 g/mol. The number of aliphatic hydroxyl groups excluding tert-OH is 1. The van der Waals surface area contributed by atoms with E-state index in [1.54, 1.807) is 21.8 Å². The molecule has 1 N–H and O–H groups in total. The molecule has 0 bridgehead atoms. The first-order valence-electron chi connectivity index (χ1n) is 14.7. The molecule has 19 heteroatoms. The van der Waals surface area contributed by atoms with Gasteiger partial charge in [0, 0.05) is 6.92 Å². The SMILES string of the molecule is CC(=O)OC[C@H]1O[C@@H](n2cnc3c(Cl)ncnc32)[C@@H]2OC(C)(C)O[C@@H]21.CC1(C)OC2C(n3cnc4c(Cl)ncnc43)OCC2(CO)O1. The minimum absolute atomic E-state index is 0.0782. The fourth-order valence-electron chi connectivity index (χ4n) is 6.36. The molecule has 8 rings (SSSR count). The van der Waals surface area contributed by atoms with E-state index in [1.165, 1.54) is 19.6 Å². The molecule has 4 aliphatic heterocycles. The normalized spacial score (nSPS) is 31.9. The second-order valence-electron chi connectivity index (χ2n) is 12.4. The number of fused-ring (bicyclic) bond motifs is 4. The van der Waals surface area contributed by atoms with E-state index in [2.05, 4.69) is 29.9 Å². The molecule has 0 saturated carbocycles. The van der Waals surface area contributed by atoms with Crippen molar-refractivity contribution in [2.75, 3.05) is 19.8 Å². The number of esters is 1. The molecular formula is C28H32Cl2N8O9. The van der Waals surface area contributed by atoms with Crippen molar-refractivity contribution in [2.45, 2.75) is 88.7 Å². The number of carbonyl (C=O) groups excluding carboxylic acids is 1. The predicted molar refractivity (Wildman–Crippen MR) is 160 cm³/mol. The second-order valence-corrected chi connectivity index (χ2v) is 13.1. The van der Waals surface area contributed by atoms with E-state index in [0.29, 0.717) is 22.3 Å². The fourth-order valence-corrected chi connectivity index (χ4v) is 6.71. The van der Waals surface area contributed by atoms with E-state index in [1.807, 2.05) is 27.7 Å². The average molecular weight is 696 g/mol. The lowest BCUT2D eigenvalue weighted by atomic mass is 10.0. The van der Waals surface area contributed by atoms with E-state index in [4.69, 9.17) is 56.4 Å². The molecule has 17 nitrogen and oxygen atoms in total. The van der Waals surface area contributed by atoms with E-state index >= 15 is 0 Å². The van der Waals surface area contributed by atoms with E-state index in [-0.39, 0.29) is 42.2 Å². The van der Waals surface area contributed by atoms with Gasteiger partial charge in [0.15, 0.2) is 45.6 Å². The highest BCUT2D eigenvalue weighted by Crippen LogP contribution is 2.47. The maximum atomic E-state index is 11.1. The number of nitrogens with zero attached hydrogens (tertiary/aromatic N) is 8. The van der Waals surface area contributed by atoms with Crippen LogP contribution in [-0.4, -0.2) is 112 Å². The molecule has 3 unspecified atom stereocenters. The van der Waals surface area contributed by atoms with Crippen molar-refractivity contribution in [3.8, 4) is 0 Å². The van der Waals surface area contributed by atoms with Crippen LogP contribution in [0.3, 0.4) is 0 Å². The Bertz CT molecular complexity index is 1820. The van der Waals surface area contributed by atoms with Crippen molar-refractivity contribution < 1.29 is 43.1 Å². The topological polar surface area (TPSA) is 189 Å². The van der Waals surface area contributed by atoms with Crippen LogP contribution in [0, 0.1) is 0 Å². The van der Waals surface area contributed by atoms with Crippen LogP contribution < -0.4 is 0 Å². The zero-order chi connectivity index (χ0) is 33.3. The molecule has 0 radical (unpaired) electrons. The number of hydrogen-bond acceptors (Lipinski definition) is 15. The van der Waals surface area contributed by atoms with Crippen LogP contribution >= 0.6 is 23.2 Å². The largest absolute Gasteiger partial charge is 0.463 e. The summed E-state index contributed by atoms with van der Waals surface area (Å²) < 4.78 is 44.2. The number of rotatable bonds is 5. The molecule has 0 aromatic carbocycles. The number of halogens is 2. The van der Waals surface area contributed by atoms with Crippen LogP contribution in [0.1, 0.15) is 47.1 Å². The minimum atomic E-state index is -0.887. The van der Waals surface area contributed by atoms with Gasteiger partial charge >= 0.3 is 5.97 Å². The summed E-state index contributed by atoms with van der Waals surface area (Å²) in [5, 5.41) is 10.3. The lowest BCUT2D eigenvalue weighted by Gasteiger charge is -2.24. The summed E-state index contributed by atoms with van der Waals surface area (Å²) in [6, 6.07) is 0. The lowest BCUT2D eigenvalue weighted by Crippen LogP contribution is -2.44. The average Bonchev–Trinajstić information content (AvgIpc) is 3.83. The highest BCUT2D eigenvalue weighted by Gasteiger charge is 2.62. The van der Waals surface area contributed by atoms with Gasteiger partial charge in [0.1, 0.15) is 60.3 Å². The maximum Gasteiger partial charge on any atom is 0.302 e. The quantitative estimate of drug-likeness (QED) is 0.236. The van der Waals surface area contributed by atoms with Crippen LogP contribution in [0.2, 0.25) is 10.3 Å². The summed E-state index contributed by atoms with van der Waals surface area (Å²) in [7, 11) is 0. The first-order chi connectivity index (χ1) is 22.3. The summed E-state index contributed by atoms with van der Waals surface area (Å²) in [5.74, 6) is -1.94. The molecule has 4 fully saturated rings. The Labute approximate surface area is 277 Å². The van der Waals surface area contributed by atoms with Crippen LogP contribution in [0.25, 0.3) is 22.3 Å². The fraction of sp³-hybridized carbons (Fsp3) is 0.607. The predicted octanol–water partition coefficient (Wildman–Crippen LogP) is 2.35. The number of aliphatic hydroxyl groups is 1. The highest BCUT2D eigenvalue weighted by molar-refractivity contribution is 6.33. The first kappa shape index (κ1) is 32.4. The van der Waals surface area contributed by atoms with Crippen molar-refractivity contribution in [3.05, 3.63) is 35.6 Å².